The quantitative estimate of drug-likeness (QED) is 0.752. The highest BCUT2D eigenvalue weighted by atomic mass is 35.5. The molecule has 1 saturated carbocycles. The Bertz CT molecular complexity index is 619. The monoisotopic (exact) mass is 349 g/mol. The van der Waals surface area contributed by atoms with Crippen molar-refractivity contribution in [1.29, 1.82) is 0 Å². The summed E-state index contributed by atoms with van der Waals surface area (Å²) in [5, 5.41) is 0.899. The van der Waals surface area contributed by atoms with Crippen molar-refractivity contribution in [2.45, 2.75) is 66.3 Å². The molecule has 3 atom stereocenters. The third kappa shape index (κ3) is 3.13. The maximum Gasteiger partial charge on any atom is 0.0740 e. The van der Waals surface area contributed by atoms with Gasteiger partial charge in [-0.1, -0.05) is 65.3 Å². The maximum atomic E-state index is 6.66. The first-order valence-corrected chi connectivity index (χ1v) is 9.61. The summed E-state index contributed by atoms with van der Waals surface area (Å²) in [4.78, 5) is 5.70. The molecular weight excluding hydrogens is 318 g/mol. The largest absolute Gasteiger partial charge is 0.301 e. The zero-order chi connectivity index (χ0) is 17.8. The molecule has 1 aliphatic heterocycles. The van der Waals surface area contributed by atoms with Gasteiger partial charge < -0.3 is 4.84 Å². The van der Waals surface area contributed by atoms with Crippen molar-refractivity contribution in [2.75, 3.05) is 6.61 Å². The molecule has 0 spiro atoms. The molecule has 2 nitrogen and oxygen atoms in total. The van der Waals surface area contributed by atoms with Crippen LogP contribution >= 0.6 is 11.6 Å². The highest BCUT2D eigenvalue weighted by Crippen LogP contribution is 2.58. The molecule has 0 amide bonds. The Hall–Kier alpha value is -0.570. The number of hydrogen-bond acceptors (Lipinski definition) is 2. The number of hydroxylamine groups is 1. The Labute approximate surface area is 152 Å². The summed E-state index contributed by atoms with van der Waals surface area (Å²) in [5.74, 6) is 1.12. The van der Waals surface area contributed by atoms with Gasteiger partial charge in [0.25, 0.3) is 0 Å². The molecule has 3 unspecified atom stereocenters. The fraction of sp³-hybridized carbons (Fsp3) is 0.714. The van der Waals surface area contributed by atoms with Crippen molar-refractivity contribution < 1.29 is 4.84 Å². The molecule has 3 rings (SSSR count). The number of aryl methyl sites for hydroxylation is 1. The topological polar surface area (TPSA) is 21.3 Å². The van der Waals surface area contributed by atoms with Crippen LogP contribution in [-0.2, 0) is 16.8 Å². The number of halogens is 1. The van der Waals surface area contributed by atoms with E-state index in [4.69, 9.17) is 16.4 Å². The maximum absolute atomic E-state index is 6.66. The lowest BCUT2D eigenvalue weighted by Gasteiger charge is -2.30. The van der Waals surface area contributed by atoms with E-state index >= 15 is 0 Å². The van der Waals surface area contributed by atoms with E-state index in [1.54, 1.807) is 0 Å². The van der Waals surface area contributed by atoms with Crippen LogP contribution in [0.25, 0.3) is 0 Å². The summed E-state index contributed by atoms with van der Waals surface area (Å²) in [6.07, 6.45) is 3.26. The molecule has 134 valence electrons. The van der Waals surface area contributed by atoms with Crippen LogP contribution in [0.3, 0.4) is 0 Å². The minimum absolute atomic E-state index is 0.0882. The van der Waals surface area contributed by atoms with Crippen LogP contribution in [0.4, 0.5) is 0 Å². The standard InChI is InChI=1S/C21H32ClNO/c1-14-17-12-24-23-21(17,13-20(14,5)6)16-8-7-15(18(22)11-16)9-10-19(2,3)4/h7-8,11,14,17,23H,9-10,12-13H2,1-6H3. The number of benzene rings is 1. The highest BCUT2D eigenvalue weighted by Gasteiger charge is 2.59. The first kappa shape index (κ1) is 18.2. The first-order valence-electron chi connectivity index (χ1n) is 9.23. The van der Waals surface area contributed by atoms with Crippen molar-refractivity contribution in [3.8, 4) is 0 Å². The zero-order valence-electron chi connectivity index (χ0n) is 16.0. The Kier molecular flexibility index (Phi) is 4.56. The summed E-state index contributed by atoms with van der Waals surface area (Å²) in [6, 6.07) is 6.68. The van der Waals surface area contributed by atoms with Gasteiger partial charge in [0.05, 0.1) is 12.1 Å². The molecule has 1 aliphatic carbocycles. The normalized spacial score (nSPS) is 32.1. The van der Waals surface area contributed by atoms with Gasteiger partial charge in [0.2, 0.25) is 0 Å². The molecular formula is C21H32ClNO. The van der Waals surface area contributed by atoms with Gasteiger partial charge in [0.1, 0.15) is 0 Å². The van der Waals surface area contributed by atoms with Gasteiger partial charge in [0.15, 0.2) is 0 Å². The lowest BCUT2D eigenvalue weighted by atomic mass is 9.79. The molecule has 1 N–H and O–H groups in total. The lowest BCUT2D eigenvalue weighted by Crippen LogP contribution is -2.39. The minimum atomic E-state index is -0.0882. The summed E-state index contributed by atoms with van der Waals surface area (Å²) in [7, 11) is 0. The predicted octanol–water partition coefficient (Wildman–Crippen LogP) is 5.73. The molecule has 1 aromatic rings. The van der Waals surface area contributed by atoms with Crippen molar-refractivity contribution in [1.82, 2.24) is 5.48 Å². The summed E-state index contributed by atoms with van der Waals surface area (Å²) in [5.41, 5.74) is 6.47. The van der Waals surface area contributed by atoms with E-state index in [1.165, 1.54) is 11.1 Å². The molecule has 0 aromatic heterocycles. The van der Waals surface area contributed by atoms with Crippen molar-refractivity contribution >= 4 is 11.6 Å². The van der Waals surface area contributed by atoms with Gasteiger partial charge in [-0.15, -0.1) is 0 Å². The second-order valence-corrected chi connectivity index (χ2v) is 10.2. The van der Waals surface area contributed by atoms with E-state index < -0.39 is 0 Å². The molecule has 0 radical (unpaired) electrons. The minimum Gasteiger partial charge on any atom is -0.301 e. The van der Waals surface area contributed by atoms with Crippen LogP contribution in [0.15, 0.2) is 18.2 Å². The van der Waals surface area contributed by atoms with E-state index in [9.17, 15) is 0 Å². The van der Waals surface area contributed by atoms with E-state index in [0.29, 0.717) is 22.7 Å². The van der Waals surface area contributed by atoms with Crippen molar-refractivity contribution in [3.63, 3.8) is 0 Å². The Morgan fingerprint density at radius 2 is 2.00 bits per heavy atom. The average Bonchev–Trinajstić information content (AvgIpc) is 2.95. The summed E-state index contributed by atoms with van der Waals surface area (Å²) < 4.78 is 0. The first-order chi connectivity index (χ1) is 11.1. The molecule has 2 aliphatic rings. The number of hydrogen-bond donors (Lipinski definition) is 1. The fourth-order valence-electron chi connectivity index (χ4n) is 4.55. The summed E-state index contributed by atoms with van der Waals surface area (Å²) in [6.45, 7) is 14.7. The van der Waals surface area contributed by atoms with Crippen LogP contribution < -0.4 is 5.48 Å². The molecule has 0 bridgehead atoms. The Balaban J connectivity index is 1.89. The van der Waals surface area contributed by atoms with E-state index in [2.05, 4.69) is 65.2 Å². The van der Waals surface area contributed by atoms with Gasteiger partial charge in [-0.2, -0.15) is 5.48 Å². The second kappa shape index (κ2) is 6.00. The number of rotatable bonds is 3. The van der Waals surface area contributed by atoms with E-state index in [1.807, 2.05) is 0 Å². The van der Waals surface area contributed by atoms with Gasteiger partial charge in [-0.3, -0.25) is 0 Å². The molecule has 24 heavy (non-hydrogen) atoms. The van der Waals surface area contributed by atoms with Crippen LogP contribution in [0.2, 0.25) is 5.02 Å². The highest BCUT2D eigenvalue weighted by molar-refractivity contribution is 6.31. The lowest BCUT2D eigenvalue weighted by molar-refractivity contribution is 0.0400. The van der Waals surface area contributed by atoms with Crippen LogP contribution in [0, 0.1) is 22.7 Å². The molecule has 2 fully saturated rings. The van der Waals surface area contributed by atoms with Crippen molar-refractivity contribution in [2.24, 2.45) is 22.7 Å². The average molecular weight is 350 g/mol. The van der Waals surface area contributed by atoms with Gasteiger partial charge in [-0.05, 0) is 53.2 Å². The third-order valence-electron chi connectivity index (χ3n) is 6.43. The summed E-state index contributed by atoms with van der Waals surface area (Å²) >= 11 is 6.66. The van der Waals surface area contributed by atoms with Gasteiger partial charge >= 0.3 is 0 Å². The molecule has 3 heteroatoms. The Morgan fingerprint density at radius 3 is 2.62 bits per heavy atom. The molecule has 1 heterocycles. The predicted molar refractivity (Wildman–Crippen MR) is 101 cm³/mol. The van der Waals surface area contributed by atoms with Crippen molar-refractivity contribution in [3.05, 3.63) is 34.3 Å². The van der Waals surface area contributed by atoms with Gasteiger partial charge in [0, 0.05) is 10.9 Å². The number of fused-ring (bicyclic) bond motifs is 1. The molecule has 1 saturated heterocycles. The van der Waals surface area contributed by atoms with Crippen LogP contribution in [-0.4, -0.2) is 6.61 Å². The smallest absolute Gasteiger partial charge is 0.0740 e. The molecule has 1 aromatic carbocycles. The van der Waals surface area contributed by atoms with E-state index in [0.717, 1.165) is 30.9 Å². The fourth-order valence-corrected chi connectivity index (χ4v) is 4.83. The van der Waals surface area contributed by atoms with Crippen LogP contribution in [0.5, 0.6) is 0 Å². The number of nitrogens with one attached hydrogen (secondary N) is 1. The van der Waals surface area contributed by atoms with Crippen LogP contribution in [0.1, 0.15) is 65.5 Å². The van der Waals surface area contributed by atoms with E-state index in [-0.39, 0.29) is 5.54 Å². The SMILES string of the molecule is CC1C2CONC2(c2ccc(CCC(C)(C)C)c(Cl)c2)CC1(C)C. The second-order valence-electron chi connectivity index (χ2n) is 9.81. The zero-order valence-corrected chi connectivity index (χ0v) is 16.8. The third-order valence-corrected chi connectivity index (χ3v) is 6.79. The van der Waals surface area contributed by atoms with Gasteiger partial charge in [-0.25, -0.2) is 0 Å². The Morgan fingerprint density at radius 1 is 1.29 bits per heavy atom.